The quantitative estimate of drug-likeness (QED) is 0.818. The number of hydrogen-bond donors (Lipinski definition) is 1. The summed E-state index contributed by atoms with van der Waals surface area (Å²) < 4.78 is 0. The molecule has 0 radical (unpaired) electrons. The van der Waals surface area contributed by atoms with Crippen molar-refractivity contribution < 1.29 is 0 Å². The summed E-state index contributed by atoms with van der Waals surface area (Å²) >= 11 is 0. The number of hydrogen-bond acceptors (Lipinski definition) is 3. The van der Waals surface area contributed by atoms with Crippen LogP contribution in [0.2, 0.25) is 0 Å². The van der Waals surface area contributed by atoms with Gasteiger partial charge >= 0.3 is 0 Å². The van der Waals surface area contributed by atoms with Crippen LogP contribution in [0.15, 0.2) is 18.3 Å². The molecule has 0 saturated heterocycles. The summed E-state index contributed by atoms with van der Waals surface area (Å²) in [5, 5.41) is 11.9. The molecule has 3 nitrogen and oxygen atoms in total. The number of nitrogens with zero attached hydrogens (tertiary/aromatic N) is 2. The smallest absolute Gasteiger partial charge is 0.126 e. The minimum Gasteiger partial charge on any atom is -0.367 e. The minimum atomic E-state index is 0.399. The molecule has 0 aliphatic rings. The van der Waals surface area contributed by atoms with Crippen molar-refractivity contribution in [1.29, 1.82) is 5.26 Å². The molecule has 80 valence electrons. The minimum absolute atomic E-state index is 0.399. The van der Waals surface area contributed by atoms with Crippen LogP contribution in [0.25, 0.3) is 0 Å². The summed E-state index contributed by atoms with van der Waals surface area (Å²) in [7, 11) is 0. The van der Waals surface area contributed by atoms with Gasteiger partial charge in [0.2, 0.25) is 0 Å². The zero-order chi connectivity index (χ0) is 11.3. The molecule has 3 heteroatoms. The molecule has 0 saturated carbocycles. The number of aromatic nitrogens is 1. The first-order valence-electron chi connectivity index (χ1n) is 5.30. The molecule has 0 aliphatic carbocycles. The number of anilines is 1. The monoisotopic (exact) mass is 203 g/mol. The predicted molar refractivity (Wildman–Crippen MR) is 61.5 cm³/mol. The lowest BCUT2D eigenvalue weighted by Crippen LogP contribution is -2.23. The Kier molecular flexibility index (Phi) is 4.11. The van der Waals surface area contributed by atoms with E-state index in [-0.39, 0.29) is 0 Å². The average molecular weight is 203 g/mol. The predicted octanol–water partition coefficient (Wildman–Crippen LogP) is 2.80. The van der Waals surface area contributed by atoms with E-state index in [2.05, 4.69) is 37.1 Å². The first-order chi connectivity index (χ1) is 7.17. The van der Waals surface area contributed by atoms with Crippen LogP contribution >= 0.6 is 0 Å². The fraction of sp³-hybridized carbons (Fsp3) is 0.500. The van der Waals surface area contributed by atoms with E-state index in [0.717, 1.165) is 12.2 Å². The van der Waals surface area contributed by atoms with Gasteiger partial charge < -0.3 is 5.32 Å². The van der Waals surface area contributed by atoms with E-state index in [0.29, 0.717) is 17.5 Å². The van der Waals surface area contributed by atoms with Gasteiger partial charge in [0.15, 0.2) is 0 Å². The maximum atomic E-state index is 8.63. The molecular formula is C12H17N3. The third-order valence-electron chi connectivity index (χ3n) is 2.77. The van der Waals surface area contributed by atoms with Gasteiger partial charge in [-0.1, -0.05) is 20.3 Å². The molecule has 2 atom stereocenters. The van der Waals surface area contributed by atoms with Crippen molar-refractivity contribution in [3.05, 3.63) is 23.9 Å². The van der Waals surface area contributed by atoms with Crippen LogP contribution in [-0.4, -0.2) is 11.0 Å². The van der Waals surface area contributed by atoms with Crippen molar-refractivity contribution >= 4 is 5.82 Å². The fourth-order valence-corrected chi connectivity index (χ4v) is 1.27. The van der Waals surface area contributed by atoms with Crippen LogP contribution in [0, 0.1) is 17.2 Å². The molecular weight excluding hydrogens is 186 g/mol. The highest BCUT2D eigenvalue weighted by atomic mass is 15.0. The Morgan fingerprint density at radius 2 is 2.20 bits per heavy atom. The van der Waals surface area contributed by atoms with Crippen LogP contribution in [0.3, 0.4) is 0 Å². The van der Waals surface area contributed by atoms with Gasteiger partial charge in [-0.05, 0) is 25.0 Å². The van der Waals surface area contributed by atoms with Crippen LogP contribution in [0.4, 0.5) is 5.82 Å². The molecule has 0 amide bonds. The maximum Gasteiger partial charge on any atom is 0.126 e. The number of nitrogens with one attached hydrogen (secondary N) is 1. The van der Waals surface area contributed by atoms with Gasteiger partial charge in [0.05, 0.1) is 5.56 Å². The molecule has 0 bridgehead atoms. The normalized spacial score (nSPS) is 14.0. The van der Waals surface area contributed by atoms with Crippen molar-refractivity contribution in [3.8, 4) is 6.07 Å². The number of pyridine rings is 1. The second kappa shape index (κ2) is 5.35. The van der Waals surface area contributed by atoms with E-state index in [1.807, 2.05) is 6.07 Å². The summed E-state index contributed by atoms with van der Waals surface area (Å²) in [5.74, 6) is 1.45. The van der Waals surface area contributed by atoms with E-state index in [1.54, 1.807) is 12.3 Å². The van der Waals surface area contributed by atoms with Crippen LogP contribution in [0.1, 0.15) is 32.8 Å². The topological polar surface area (TPSA) is 48.7 Å². The zero-order valence-corrected chi connectivity index (χ0v) is 9.49. The van der Waals surface area contributed by atoms with Crippen LogP contribution < -0.4 is 5.32 Å². The standard InChI is InChI=1S/C12H17N3/c1-4-9(2)10(3)15-12-6-5-11(7-13)8-14-12/h5-6,8-10H,4H2,1-3H3,(H,14,15). The SMILES string of the molecule is CCC(C)C(C)Nc1ccc(C#N)cn1. The largest absolute Gasteiger partial charge is 0.367 e. The second-order valence-electron chi connectivity index (χ2n) is 3.86. The molecule has 2 unspecified atom stereocenters. The molecule has 0 aliphatic heterocycles. The Labute approximate surface area is 91.1 Å². The van der Waals surface area contributed by atoms with Crippen LogP contribution in [0.5, 0.6) is 0 Å². The Morgan fingerprint density at radius 1 is 1.47 bits per heavy atom. The first-order valence-corrected chi connectivity index (χ1v) is 5.30. The van der Waals surface area contributed by atoms with Crippen molar-refractivity contribution in [1.82, 2.24) is 4.98 Å². The average Bonchev–Trinajstić information content (AvgIpc) is 2.29. The number of rotatable bonds is 4. The van der Waals surface area contributed by atoms with E-state index >= 15 is 0 Å². The third kappa shape index (κ3) is 3.25. The van der Waals surface area contributed by atoms with Gasteiger partial charge in [-0.2, -0.15) is 5.26 Å². The Bertz CT molecular complexity index is 337. The molecule has 0 fully saturated rings. The number of nitriles is 1. The molecule has 1 rings (SSSR count). The van der Waals surface area contributed by atoms with Gasteiger partial charge in [-0.3, -0.25) is 0 Å². The Balaban J connectivity index is 2.61. The van der Waals surface area contributed by atoms with Crippen LogP contribution in [-0.2, 0) is 0 Å². The molecule has 15 heavy (non-hydrogen) atoms. The molecule has 0 spiro atoms. The fourth-order valence-electron chi connectivity index (χ4n) is 1.27. The van der Waals surface area contributed by atoms with Crippen molar-refractivity contribution in [2.24, 2.45) is 5.92 Å². The summed E-state index contributed by atoms with van der Waals surface area (Å²) in [6.07, 6.45) is 2.73. The second-order valence-corrected chi connectivity index (χ2v) is 3.86. The third-order valence-corrected chi connectivity index (χ3v) is 2.77. The maximum absolute atomic E-state index is 8.63. The molecule has 0 aromatic carbocycles. The first kappa shape index (κ1) is 11.5. The lowest BCUT2D eigenvalue weighted by atomic mass is 10.0. The summed E-state index contributed by atoms with van der Waals surface area (Å²) in [6.45, 7) is 6.53. The highest BCUT2D eigenvalue weighted by Crippen LogP contribution is 2.13. The lowest BCUT2D eigenvalue weighted by molar-refractivity contribution is 0.493. The lowest BCUT2D eigenvalue weighted by Gasteiger charge is -2.20. The molecule has 1 heterocycles. The van der Waals surface area contributed by atoms with Gasteiger partial charge in [0.25, 0.3) is 0 Å². The van der Waals surface area contributed by atoms with E-state index in [1.165, 1.54) is 0 Å². The summed E-state index contributed by atoms with van der Waals surface area (Å²) in [4.78, 5) is 4.17. The van der Waals surface area contributed by atoms with Crippen molar-refractivity contribution in [3.63, 3.8) is 0 Å². The van der Waals surface area contributed by atoms with Crippen molar-refractivity contribution in [2.45, 2.75) is 33.2 Å². The Morgan fingerprint density at radius 3 is 2.67 bits per heavy atom. The highest BCUT2D eigenvalue weighted by Gasteiger charge is 2.09. The van der Waals surface area contributed by atoms with Crippen molar-refractivity contribution in [2.75, 3.05) is 5.32 Å². The zero-order valence-electron chi connectivity index (χ0n) is 9.49. The van der Waals surface area contributed by atoms with E-state index < -0.39 is 0 Å². The summed E-state index contributed by atoms with van der Waals surface area (Å²) in [6, 6.07) is 6.07. The molecule has 1 aromatic rings. The van der Waals surface area contributed by atoms with Gasteiger partial charge in [0, 0.05) is 12.2 Å². The van der Waals surface area contributed by atoms with E-state index in [4.69, 9.17) is 5.26 Å². The summed E-state index contributed by atoms with van der Waals surface area (Å²) in [5.41, 5.74) is 0.594. The Hall–Kier alpha value is -1.56. The molecule has 1 N–H and O–H groups in total. The van der Waals surface area contributed by atoms with Gasteiger partial charge in [-0.25, -0.2) is 4.98 Å². The van der Waals surface area contributed by atoms with Gasteiger partial charge in [0.1, 0.15) is 11.9 Å². The highest BCUT2D eigenvalue weighted by molar-refractivity contribution is 5.39. The van der Waals surface area contributed by atoms with Gasteiger partial charge in [-0.15, -0.1) is 0 Å². The molecule has 1 aromatic heterocycles. The van der Waals surface area contributed by atoms with E-state index in [9.17, 15) is 0 Å².